The van der Waals surface area contributed by atoms with E-state index in [1.807, 2.05) is 6.92 Å². The Kier molecular flexibility index (Phi) is 7.32. The molecule has 1 aromatic rings. The van der Waals surface area contributed by atoms with Crippen molar-refractivity contribution in [2.75, 3.05) is 33.4 Å². The van der Waals surface area contributed by atoms with Crippen LogP contribution in [-0.2, 0) is 16.0 Å². The summed E-state index contributed by atoms with van der Waals surface area (Å²) in [5.41, 5.74) is 3.02. The largest absolute Gasteiger partial charge is 0.493 e. The number of nitrogens with zero attached hydrogens (tertiary/aromatic N) is 1. The first kappa shape index (κ1) is 21.6. The number of amides is 1. The number of ether oxygens (including phenoxy) is 2. The number of rotatable bonds is 7. The molecule has 1 unspecified atom stereocenters. The zero-order valence-corrected chi connectivity index (χ0v) is 18.7. The molecule has 0 bridgehead atoms. The van der Waals surface area contributed by atoms with E-state index in [1.54, 1.807) is 12.7 Å². The van der Waals surface area contributed by atoms with E-state index in [9.17, 15) is 4.79 Å². The number of hydrogen-bond donors (Lipinski definition) is 1. The van der Waals surface area contributed by atoms with E-state index in [1.165, 1.54) is 57.3 Å². The highest BCUT2D eigenvalue weighted by molar-refractivity contribution is 5.80. The van der Waals surface area contributed by atoms with Gasteiger partial charge < -0.3 is 19.7 Å². The molecule has 30 heavy (non-hydrogen) atoms. The number of nitrogens with one attached hydrogen (secondary N) is 1. The lowest BCUT2D eigenvalue weighted by atomic mass is 9.83. The molecule has 4 rings (SSSR count). The van der Waals surface area contributed by atoms with Crippen molar-refractivity contribution in [3.8, 4) is 5.75 Å². The number of hydrogen-bond acceptors (Lipinski definition) is 4. The van der Waals surface area contributed by atoms with Gasteiger partial charge in [-0.15, -0.1) is 0 Å². The van der Waals surface area contributed by atoms with Gasteiger partial charge in [0.1, 0.15) is 11.9 Å². The van der Waals surface area contributed by atoms with Gasteiger partial charge in [0.25, 0.3) is 0 Å². The second-order valence-corrected chi connectivity index (χ2v) is 9.43. The Morgan fingerprint density at radius 2 is 1.97 bits per heavy atom. The van der Waals surface area contributed by atoms with Crippen LogP contribution in [0.15, 0.2) is 18.2 Å². The Labute approximate surface area is 181 Å². The van der Waals surface area contributed by atoms with Crippen LogP contribution in [-0.4, -0.2) is 56.3 Å². The number of fused-ring (bicyclic) bond motifs is 1. The maximum absolute atomic E-state index is 12.0. The number of methoxy groups -OCH3 is 1. The maximum atomic E-state index is 12.0. The van der Waals surface area contributed by atoms with Crippen LogP contribution in [0.1, 0.15) is 68.9 Å². The molecule has 0 aromatic heterocycles. The lowest BCUT2D eigenvalue weighted by molar-refractivity contribution is -0.131. The van der Waals surface area contributed by atoms with Crippen molar-refractivity contribution < 1.29 is 14.3 Å². The minimum absolute atomic E-state index is 0.0273. The summed E-state index contributed by atoms with van der Waals surface area (Å²) in [6, 6.07) is 6.96. The Morgan fingerprint density at radius 3 is 2.70 bits per heavy atom. The van der Waals surface area contributed by atoms with Crippen LogP contribution in [0.25, 0.3) is 0 Å². The van der Waals surface area contributed by atoms with Gasteiger partial charge in [-0.3, -0.25) is 4.79 Å². The average molecular weight is 415 g/mol. The molecule has 2 aliphatic heterocycles. The Bertz CT molecular complexity index is 706. The van der Waals surface area contributed by atoms with Gasteiger partial charge in [0.2, 0.25) is 5.91 Å². The van der Waals surface area contributed by atoms with Gasteiger partial charge in [0.05, 0.1) is 6.61 Å². The molecular formula is C25H38N2O3. The van der Waals surface area contributed by atoms with E-state index in [4.69, 9.17) is 9.47 Å². The third-order valence-corrected chi connectivity index (χ3v) is 7.58. The van der Waals surface area contributed by atoms with Crippen LogP contribution in [0.5, 0.6) is 5.75 Å². The zero-order valence-electron chi connectivity index (χ0n) is 18.7. The number of carbonyl (C=O) groups is 1. The first-order chi connectivity index (χ1) is 14.6. The van der Waals surface area contributed by atoms with Crippen LogP contribution in [0.2, 0.25) is 0 Å². The molecule has 3 aliphatic rings. The molecular weight excluding hydrogens is 376 g/mol. The van der Waals surface area contributed by atoms with Gasteiger partial charge in [-0.05, 0) is 95.0 Å². The molecule has 0 spiro atoms. The molecule has 5 nitrogen and oxygen atoms in total. The van der Waals surface area contributed by atoms with Gasteiger partial charge >= 0.3 is 0 Å². The smallest absolute Gasteiger partial charge is 0.249 e. The van der Waals surface area contributed by atoms with E-state index in [2.05, 4.69) is 28.4 Å². The molecule has 2 heterocycles. The average Bonchev–Trinajstić information content (AvgIpc) is 3.27. The second-order valence-electron chi connectivity index (χ2n) is 9.43. The summed E-state index contributed by atoms with van der Waals surface area (Å²) >= 11 is 0. The van der Waals surface area contributed by atoms with E-state index in [-0.39, 0.29) is 12.0 Å². The Morgan fingerprint density at radius 1 is 1.20 bits per heavy atom. The topological polar surface area (TPSA) is 50.8 Å². The lowest BCUT2D eigenvalue weighted by Crippen LogP contribution is -2.43. The first-order valence-corrected chi connectivity index (χ1v) is 11.9. The van der Waals surface area contributed by atoms with E-state index >= 15 is 0 Å². The highest BCUT2D eigenvalue weighted by Gasteiger charge is 2.27. The summed E-state index contributed by atoms with van der Waals surface area (Å²) in [5, 5.41) is 3.15. The first-order valence-electron chi connectivity index (χ1n) is 11.9. The highest BCUT2D eigenvalue weighted by atomic mass is 16.5. The van der Waals surface area contributed by atoms with E-state index < -0.39 is 0 Å². The predicted octanol–water partition coefficient (Wildman–Crippen LogP) is 3.90. The molecule has 0 radical (unpaired) electrons. The summed E-state index contributed by atoms with van der Waals surface area (Å²) in [4.78, 5) is 14.7. The molecule has 1 amide bonds. The van der Waals surface area contributed by atoms with Crippen molar-refractivity contribution in [1.29, 1.82) is 0 Å². The van der Waals surface area contributed by atoms with Gasteiger partial charge in [-0.25, -0.2) is 0 Å². The molecule has 1 saturated carbocycles. The summed E-state index contributed by atoms with van der Waals surface area (Å²) in [5.74, 6) is 2.66. The van der Waals surface area contributed by atoms with Gasteiger partial charge in [0, 0.05) is 25.1 Å². The second kappa shape index (κ2) is 10.1. The van der Waals surface area contributed by atoms with Crippen LogP contribution in [0.4, 0.5) is 0 Å². The van der Waals surface area contributed by atoms with E-state index in [0.29, 0.717) is 12.0 Å². The summed E-state index contributed by atoms with van der Waals surface area (Å²) in [6.45, 7) is 6.32. The molecule has 1 atom stereocenters. The summed E-state index contributed by atoms with van der Waals surface area (Å²) in [6.07, 6.45) is 9.26. The molecule has 166 valence electrons. The molecule has 1 saturated heterocycles. The fourth-order valence-electron chi connectivity index (χ4n) is 5.48. The van der Waals surface area contributed by atoms with Crippen molar-refractivity contribution in [1.82, 2.24) is 10.2 Å². The van der Waals surface area contributed by atoms with Gasteiger partial charge in [0.15, 0.2) is 0 Å². The molecule has 2 fully saturated rings. The van der Waals surface area contributed by atoms with Crippen LogP contribution < -0.4 is 10.1 Å². The fraction of sp³-hybridized carbons (Fsp3) is 0.720. The lowest BCUT2D eigenvalue weighted by Gasteiger charge is -2.35. The normalized spacial score (nSPS) is 26.1. The van der Waals surface area contributed by atoms with Crippen molar-refractivity contribution in [3.05, 3.63) is 29.3 Å². The van der Waals surface area contributed by atoms with Crippen molar-refractivity contribution in [3.63, 3.8) is 0 Å². The Balaban J connectivity index is 1.16. The van der Waals surface area contributed by atoms with Crippen molar-refractivity contribution >= 4 is 5.91 Å². The fourth-order valence-corrected chi connectivity index (χ4v) is 5.48. The zero-order chi connectivity index (χ0) is 20.9. The molecule has 5 heteroatoms. The number of likely N-dealkylation sites (tertiary alicyclic amines) is 1. The minimum Gasteiger partial charge on any atom is -0.493 e. The van der Waals surface area contributed by atoms with Crippen LogP contribution >= 0.6 is 0 Å². The number of carbonyl (C=O) groups excluding carboxylic acids is 1. The Hall–Kier alpha value is -1.59. The summed E-state index contributed by atoms with van der Waals surface area (Å²) in [7, 11) is 1.59. The van der Waals surface area contributed by atoms with Crippen molar-refractivity contribution in [2.24, 2.45) is 5.92 Å². The number of benzene rings is 1. The van der Waals surface area contributed by atoms with E-state index in [0.717, 1.165) is 37.5 Å². The standard InChI is InChI=1S/C25H38N2O3/c1-18(29-2)25(28)26-21-8-6-19(7-9-21)10-14-27-15-11-20(12-16-27)22-4-3-5-24-23(22)13-17-30-24/h3-5,18-21H,6-17H2,1-2H3,(H,26,28). The maximum Gasteiger partial charge on any atom is 0.249 e. The molecule has 1 N–H and O–H groups in total. The van der Waals surface area contributed by atoms with Crippen molar-refractivity contribution in [2.45, 2.75) is 76.4 Å². The number of piperidine rings is 1. The monoisotopic (exact) mass is 414 g/mol. The third-order valence-electron chi connectivity index (χ3n) is 7.58. The van der Waals surface area contributed by atoms with Gasteiger partial charge in [-0.2, -0.15) is 0 Å². The quantitative estimate of drug-likeness (QED) is 0.735. The van der Waals surface area contributed by atoms with Gasteiger partial charge in [-0.1, -0.05) is 12.1 Å². The molecule has 1 aromatic carbocycles. The highest BCUT2D eigenvalue weighted by Crippen LogP contribution is 2.37. The third kappa shape index (κ3) is 5.17. The van der Waals surface area contributed by atoms with Crippen LogP contribution in [0.3, 0.4) is 0 Å². The molecule has 1 aliphatic carbocycles. The minimum atomic E-state index is -0.352. The SMILES string of the molecule is COC(C)C(=O)NC1CCC(CCN2CCC(c3cccc4c3CCO4)CC2)CC1. The van der Waals surface area contributed by atoms with Crippen LogP contribution in [0, 0.1) is 5.92 Å². The summed E-state index contributed by atoms with van der Waals surface area (Å²) < 4.78 is 10.9. The predicted molar refractivity (Wildman–Crippen MR) is 119 cm³/mol.